The highest BCUT2D eigenvalue weighted by atomic mass is 35.5. The molecular weight excluding hydrogens is 228 g/mol. The van der Waals surface area contributed by atoms with Crippen LogP contribution >= 0.6 is 12.4 Å². The zero-order chi connectivity index (χ0) is 11.1. The van der Waals surface area contributed by atoms with Crippen molar-refractivity contribution in [3.05, 3.63) is 0 Å². The van der Waals surface area contributed by atoms with Gasteiger partial charge in [0.2, 0.25) is 5.91 Å². The van der Waals surface area contributed by atoms with E-state index < -0.39 is 0 Å². The van der Waals surface area contributed by atoms with E-state index in [9.17, 15) is 4.79 Å². The van der Waals surface area contributed by atoms with Crippen molar-refractivity contribution in [1.82, 2.24) is 5.32 Å². The highest BCUT2D eigenvalue weighted by molar-refractivity contribution is 5.85. The first-order valence-electron chi connectivity index (χ1n) is 5.89. The molecule has 1 rings (SSSR count). The van der Waals surface area contributed by atoms with E-state index in [1.807, 2.05) is 6.92 Å². The fraction of sp³-hybridized carbons (Fsp3) is 0.909. The Hall–Kier alpha value is -0.320. The van der Waals surface area contributed by atoms with E-state index in [4.69, 9.17) is 10.5 Å². The molecule has 4 nitrogen and oxygen atoms in total. The summed E-state index contributed by atoms with van der Waals surface area (Å²) in [5, 5.41) is 2.77. The summed E-state index contributed by atoms with van der Waals surface area (Å²) >= 11 is 0. The van der Waals surface area contributed by atoms with Crippen molar-refractivity contribution in [2.75, 3.05) is 13.2 Å². The topological polar surface area (TPSA) is 64.4 Å². The summed E-state index contributed by atoms with van der Waals surface area (Å²) in [6, 6.07) is -0.378. The smallest absolute Gasteiger partial charge is 0.236 e. The van der Waals surface area contributed by atoms with Crippen molar-refractivity contribution < 1.29 is 9.53 Å². The minimum Gasteiger partial charge on any atom is -0.376 e. The quantitative estimate of drug-likeness (QED) is 0.697. The van der Waals surface area contributed by atoms with Crippen LogP contribution in [0.1, 0.15) is 39.0 Å². The first-order chi connectivity index (χ1) is 7.24. The van der Waals surface area contributed by atoms with Crippen LogP contribution in [0.2, 0.25) is 0 Å². The largest absolute Gasteiger partial charge is 0.376 e. The lowest BCUT2D eigenvalue weighted by Crippen LogP contribution is -2.41. The molecule has 0 unspecified atom stereocenters. The monoisotopic (exact) mass is 250 g/mol. The minimum absolute atomic E-state index is 0. The molecule has 3 N–H and O–H groups in total. The molecule has 1 amide bonds. The zero-order valence-corrected chi connectivity index (χ0v) is 10.7. The van der Waals surface area contributed by atoms with Gasteiger partial charge < -0.3 is 15.8 Å². The fourth-order valence-corrected chi connectivity index (χ4v) is 1.77. The van der Waals surface area contributed by atoms with Crippen LogP contribution < -0.4 is 11.1 Å². The molecule has 96 valence electrons. The maximum Gasteiger partial charge on any atom is 0.236 e. The molecule has 0 aromatic rings. The summed E-state index contributed by atoms with van der Waals surface area (Å²) in [6.45, 7) is 3.08. The van der Waals surface area contributed by atoms with Crippen LogP contribution in [-0.4, -0.2) is 31.2 Å². The van der Waals surface area contributed by atoms with Crippen molar-refractivity contribution in [2.45, 2.75) is 51.2 Å². The Morgan fingerprint density at radius 3 is 2.69 bits per heavy atom. The second kappa shape index (κ2) is 8.79. The van der Waals surface area contributed by atoms with Gasteiger partial charge in [-0.2, -0.15) is 0 Å². The lowest BCUT2D eigenvalue weighted by Gasteiger charge is -2.13. The average molecular weight is 251 g/mol. The van der Waals surface area contributed by atoms with E-state index in [1.165, 1.54) is 25.7 Å². The molecule has 1 fully saturated rings. The molecule has 0 bridgehead atoms. The second-order valence-electron chi connectivity index (χ2n) is 4.08. The van der Waals surface area contributed by atoms with Crippen LogP contribution in [0.25, 0.3) is 0 Å². The molecule has 0 spiro atoms. The van der Waals surface area contributed by atoms with Gasteiger partial charge in [-0.05, 0) is 19.3 Å². The van der Waals surface area contributed by atoms with Gasteiger partial charge in [-0.25, -0.2) is 0 Å². The molecule has 0 saturated heterocycles. The molecular formula is C11H23ClN2O2. The third kappa shape index (κ3) is 5.68. The van der Waals surface area contributed by atoms with E-state index in [1.54, 1.807) is 0 Å². The number of carbonyl (C=O) groups excluding carboxylic acids is 1. The molecule has 0 aromatic carbocycles. The van der Waals surface area contributed by atoms with Crippen LogP contribution in [0, 0.1) is 0 Å². The minimum atomic E-state index is -0.378. The standard InChI is InChI=1S/C11H22N2O2.ClH/c1-2-10(12)11(14)13-7-8-15-9-5-3-4-6-9;/h9-10H,2-8,12H2,1H3,(H,13,14);1H/t10-;/m0./s1. The summed E-state index contributed by atoms with van der Waals surface area (Å²) in [5.74, 6) is -0.0764. The number of nitrogens with two attached hydrogens (primary N) is 1. The van der Waals surface area contributed by atoms with Gasteiger partial charge in [0, 0.05) is 6.54 Å². The third-order valence-electron chi connectivity index (χ3n) is 2.83. The normalized spacial score (nSPS) is 17.9. The Morgan fingerprint density at radius 2 is 2.12 bits per heavy atom. The molecule has 0 aliphatic heterocycles. The second-order valence-corrected chi connectivity index (χ2v) is 4.08. The van der Waals surface area contributed by atoms with Crippen molar-refractivity contribution >= 4 is 18.3 Å². The number of nitrogens with one attached hydrogen (secondary N) is 1. The molecule has 16 heavy (non-hydrogen) atoms. The van der Waals surface area contributed by atoms with Crippen LogP contribution in [0.5, 0.6) is 0 Å². The predicted octanol–water partition coefficient (Wildman–Crippen LogP) is 1.22. The molecule has 0 radical (unpaired) electrons. The Bertz CT molecular complexity index is 196. The van der Waals surface area contributed by atoms with E-state index in [2.05, 4.69) is 5.32 Å². The predicted molar refractivity (Wildman–Crippen MR) is 66.7 cm³/mol. The number of hydrogen-bond acceptors (Lipinski definition) is 3. The molecule has 0 aromatic heterocycles. The van der Waals surface area contributed by atoms with Crippen LogP contribution in [-0.2, 0) is 9.53 Å². The molecule has 5 heteroatoms. The lowest BCUT2D eigenvalue weighted by atomic mass is 10.2. The van der Waals surface area contributed by atoms with Gasteiger partial charge in [-0.1, -0.05) is 19.8 Å². The fourth-order valence-electron chi connectivity index (χ4n) is 1.77. The number of rotatable bonds is 6. The molecule has 0 heterocycles. The molecule has 1 aliphatic rings. The SMILES string of the molecule is CC[C@H](N)C(=O)NCCOC1CCCC1.Cl. The van der Waals surface area contributed by atoms with Gasteiger partial charge in [0.05, 0.1) is 18.8 Å². The zero-order valence-electron chi connectivity index (χ0n) is 9.91. The van der Waals surface area contributed by atoms with Gasteiger partial charge in [-0.3, -0.25) is 4.79 Å². The van der Waals surface area contributed by atoms with Gasteiger partial charge in [0.15, 0.2) is 0 Å². The van der Waals surface area contributed by atoms with E-state index in [0.29, 0.717) is 25.7 Å². The van der Waals surface area contributed by atoms with Crippen molar-refractivity contribution in [1.29, 1.82) is 0 Å². The summed E-state index contributed by atoms with van der Waals surface area (Å²) < 4.78 is 5.61. The van der Waals surface area contributed by atoms with Crippen LogP contribution in [0.3, 0.4) is 0 Å². The van der Waals surface area contributed by atoms with Crippen molar-refractivity contribution in [3.8, 4) is 0 Å². The molecule has 1 aliphatic carbocycles. The summed E-state index contributed by atoms with van der Waals surface area (Å²) in [7, 11) is 0. The van der Waals surface area contributed by atoms with E-state index in [0.717, 1.165) is 0 Å². The van der Waals surface area contributed by atoms with E-state index >= 15 is 0 Å². The maximum atomic E-state index is 11.3. The Kier molecular flexibility index (Phi) is 8.61. The number of hydrogen-bond donors (Lipinski definition) is 2. The van der Waals surface area contributed by atoms with Gasteiger partial charge in [0.25, 0.3) is 0 Å². The third-order valence-corrected chi connectivity index (χ3v) is 2.83. The highest BCUT2D eigenvalue weighted by Crippen LogP contribution is 2.20. The average Bonchev–Trinajstić information content (AvgIpc) is 2.75. The van der Waals surface area contributed by atoms with Gasteiger partial charge in [-0.15, -0.1) is 12.4 Å². The summed E-state index contributed by atoms with van der Waals surface area (Å²) in [6.07, 6.45) is 5.98. The number of carbonyl (C=O) groups is 1. The number of amides is 1. The Morgan fingerprint density at radius 1 is 1.50 bits per heavy atom. The van der Waals surface area contributed by atoms with Crippen LogP contribution in [0.15, 0.2) is 0 Å². The molecule has 1 atom stereocenters. The summed E-state index contributed by atoms with van der Waals surface area (Å²) in [4.78, 5) is 11.3. The molecule has 1 saturated carbocycles. The first-order valence-corrected chi connectivity index (χ1v) is 5.89. The van der Waals surface area contributed by atoms with Gasteiger partial charge in [0.1, 0.15) is 0 Å². The maximum absolute atomic E-state index is 11.3. The van der Waals surface area contributed by atoms with Crippen molar-refractivity contribution in [2.24, 2.45) is 5.73 Å². The Labute approximate surface area is 104 Å². The number of ether oxygens (including phenoxy) is 1. The summed E-state index contributed by atoms with van der Waals surface area (Å²) in [5.41, 5.74) is 5.57. The first kappa shape index (κ1) is 15.7. The lowest BCUT2D eigenvalue weighted by molar-refractivity contribution is -0.122. The van der Waals surface area contributed by atoms with Crippen LogP contribution in [0.4, 0.5) is 0 Å². The Balaban J connectivity index is 0.00000225. The number of halogens is 1. The van der Waals surface area contributed by atoms with Crippen molar-refractivity contribution in [3.63, 3.8) is 0 Å². The highest BCUT2D eigenvalue weighted by Gasteiger charge is 2.15. The van der Waals surface area contributed by atoms with E-state index in [-0.39, 0.29) is 24.4 Å². The van der Waals surface area contributed by atoms with Gasteiger partial charge >= 0.3 is 0 Å².